The number of ether oxygens (including phenoxy) is 1. The molecule has 14 heavy (non-hydrogen) atoms. The zero-order valence-corrected chi connectivity index (χ0v) is 8.88. The summed E-state index contributed by atoms with van der Waals surface area (Å²) in [6, 6.07) is 3.82. The molecule has 0 saturated carbocycles. The predicted molar refractivity (Wildman–Crippen MR) is 55.3 cm³/mol. The Hall–Kier alpha value is -1.16. The molecule has 2 nitrogen and oxygen atoms in total. The van der Waals surface area contributed by atoms with E-state index < -0.39 is 5.82 Å². The largest absolute Gasteiger partial charge is 0.488 e. The van der Waals surface area contributed by atoms with Gasteiger partial charge < -0.3 is 4.74 Å². The molecular formula is C10H8BrFO2. The van der Waals surface area contributed by atoms with Crippen LogP contribution in [0.3, 0.4) is 0 Å². The van der Waals surface area contributed by atoms with Crippen molar-refractivity contribution >= 4 is 22.2 Å². The minimum atomic E-state index is -0.496. The maximum absolute atomic E-state index is 12.9. The molecule has 0 aliphatic heterocycles. The van der Waals surface area contributed by atoms with E-state index in [2.05, 4.69) is 22.5 Å². The van der Waals surface area contributed by atoms with Crippen molar-refractivity contribution in [3.63, 3.8) is 0 Å². The van der Waals surface area contributed by atoms with Crippen molar-refractivity contribution in [2.75, 3.05) is 6.61 Å². The van der Waals surface area contributed by atoms with E-state index in [0.29, 0.717) is 16.5 Å². The van der Waals surface area contributed by atoms with Crippen LogP contribution in [0.2, 0.25) is 0 Å². The topological polar surface area (TPSA) is 26.3 Å². The van der Waals surface area contributed by atoms with Crippen LogP contribution in [0.1, 0.15) is 10.4 Å². The first-order valence-corrected chi connectivity index (χ1v) is 4.63. The van der Waals surface area contributed by atoms with Gasteiger partial charge in [0.2, 0.25) is 0 Å². The molecule has 0 atom stereocenters. The van der Waals surface area contributed by atoms with Gasteiger partial charge in [-0.2, -0.15) is 0 Å². The Bertz CT molecular complexity index is 363. The summed E-state index contributed by atoms with van der Waals surface area (Å²) in [7, 11) is 0. The van der Waals surface area contributed by atoms with Crippen molar-refractivity contribution in [2.24, 2.45) is 0 Å². The van der Waals surface area contributed by atoms with E-state index in [4.69, 9.17) is 4.74 Å². The molecular weight excluding hydrogens is 251 g/mol. The molecule has 0 aromatic heterocycles. The average molecular weight is 259 g/mol. The van der Waals surface area contributed by atoms with Gasteiger partial charge in [0, 0.05) is 16.1 Å². The maximum atomic E-state index is 12.9. The molecule has 0 aliphatic rings. The van der Waals surface area contributed by atoms with Crippen molar-refractivity contribution in [1.82, 2.24) is 0 Å². The van der Waals surface area contributed by atoms with Crippen LogP contribution in [-0.4, -0.2) is 12.9 Å². The van der Waals surface area contributed by atoms with Gasteiger partial charge in [0.25, 0.3) is 0 Å². The zero-order valence-electron chi connectivity index (χ0n) is 7.30. The molecule has 0 unspecified atom stereocenters. The molecule has 0 bridgehead atoms. The first-order chi connectivity index (χ1) is 6.61. The molecule has 0 radical (unpaired) electrons. The summed E-state index contributed by atoms with van der Waals surface area (Å²) in [4.78, 5) is 10.4. The van der Waals surface area contributed by atoms with Gasteiger partial charge in [-0.05, 0) is 12.1 Å². The van der Waals surface area contributed by atoms with Crippen molar-refractivity contribution in [3.05, 3.63) is 40.6 Å². The van der Waals surface area contributed by atoms with Crippen LogP contribution in [0.25, 0.3) is 0 Å². The van der Waals surface area contributed by atoms with Crippen molar-refractivity contribution < 1.29 is 13.9 Å². The summed E-state index contributed by atoms with van der Waals surface area (Å²) >= 11 is 3.10. The third-order valence-corrected chi connectivity index (χ3v) is 1.65. The maximum Gasteiger partial charge on any atom is 0.150 e. The van der Waals surface area contributed by atoms with E-state index in [1.54, 1.807) is 0 Å². The molecule has 0 saturated heterocycles. The summed E-state index contributed by atoms with van der Waals surface area (Å²) in [6.07, 6.45) is 0.568. The summed E-state index contributed by atoms with van der Waals surface area (Å²) in [5.41, 5.74) is 0.250. The Morgan fingerprint density at radius 3 is 2.86 bits per heavy atom. The monoisotopic (exact) mass is 258 g/mol. The lowest BCUT2D eigenvalue weighted by atomic mass is 10.2. The summed E-state index contributed by atoms with van der Waals surface area (Å²) in [5, 5.41) is 0. The molecule has 1 aromatic rings. The van der Waals surface area contributed by atoms with Gasteiger partial charge in [-0.25, -0.2) is 4.39 Å². The van der Waals surface area contributed by atoms with Gasteiger partial charge in [0.05, 0.1) is 0 Å². The van der Waals surface area contributed by atoms with E-state index in [0.717, 1.165) is 6.07 Å². The Balaban J connectivity index is 2.81. The smallest absolute Gasteiger partial charge is 0.150 e. The van der Waals surface area contributed by atoms with Gasteiger partial charge in [-0.1, -0.05) is 22.5 Å². The van der Waals surface area contributed by atoms with Crippen LogP contribution < -0.4 is 4.74 Å². The molecule has 1 rings (SSSR count). The molecule has 0 heterocycles. The lowest BCUT2D eigenvalue weighted by Gasteiger charge is -2.05. The quantitative estimate of drug-likeness (QED) is 0.777. The predicted octanol–water partition coefficient (Wildman–Crippen LogP) is 2.93. The Labute approximate surface area is 89.5 Å². The fourth-order valence-electron chi connectivity index (χ4n) is 0.897. The third kappa shape index (κ3) is 3.30. The highest BCUT2D eigenvalue weighted by Crippen LogP contribution is 2.16. The van der Waals surface area contributed by atoms with Crippen LogP contribution in [0, 0.1) is 5.82 Å². The summed E-state index contributed by atoms with van der Waals surface area (Å²) in [5.74, 6) is -0.183. The first-order valence-electron chi connectivity index (χ1n) is 3.83. The van der Waals surface area contributed by atoms with E-state index in [1.807, 2.05) is 0 Å². The Kier molecular flexibility index (Phi) is 3.83. The van der Waals surface area contributed by atoms with Gasteiger partial charge in [0.1, 0.15) is 24.5 Å². The van der Waals surface area contributed by atoms with Crippen LogP contribution in [0.15, 0.2) is 29.3 Å². The zero-order chi connectivity index (χ0) is 10.6. The number of rotatable bonds is 4. The highest BCUT2D eigenvalue weighted by molar-refractivity contribution is 9.11. The van der Waals surface area contributed by atoms with Gasteiger partial charge in [0.15, 0.2) is 0 Å². The van der Waals surface area contributed by atoms with Crippen molar-refractivity contribution in [2.45, 2.75) is 0 Å². The van der Waals surface area contributed by atoms with E-state index >= 15 is 0 Å². The molecule has 4 heteroatoms. The Morgan fingerprint density at radius 1 is 1.57 bits per heavy atom. The molecule has 0 aliphatic carbocycles. The number of hydrogen-bond acceptors (Lipinski definition) is 2. The SMILES string of the molecule is C=C(Br)COc1cc(F)cc(C=O)c1. The van der Waals surface area contributed by atoms with Gasteiger partial charge in [-0.3, -0.25) is 4.79 Å². The fourth-order valence-corrected chi connectivity index (χ4v) is 1.01. The molecule has 0 N–H and O–H groups in total. The van der Waals surface area contributed by atoms with Crippen molar-refractivity contribution in [1.29, 1.82) is 0 Å². The summed E-state index contributed by atoms with van der Waals surface area (Å²) < 4.78 is 18.7. The van der Waals surface area contributed by atoms with Crippen molar-refractivity contribution in [3.8, 4) is 5.75 Å². The van der Waals surface area contributed by atoms with Gasteiger partial charge in [-0.15, -0.1) is 0 Å². The molecule has 74 valence electrons. The second-order valence-electron chi connectivity index (χ2n) is 2.64. The number of carbonyl (C=O) groups is 1. The molecule has 0 spiro atoms. The highest BCUT2D eigenvalue weighted by atomic mass is 79.9. The third-order valence-electron chi connectivity index (χ3n) is 1.43. The van der Waals surface area contributed by atoms with Crippen LogP contribution in [-0.2, 0) is 0 Å². The number of hydrogen-bond donors (Lipinski definition) is 0. The molecule has 1 aromatic carbocycles. The van der Waals surface area contributed by atoms with E-state index in [9.17, 15) is 9.18 Å². The number of benzene rings is 1. The van der Waals surface area contributed by atoms with Crippen LogP contribution in [0.4, 0.5) is 4.39 Å². The Morgan fingerprint density at radius 2 is 2.29 bits per heavy atom. The lowest BCUT2D eigenvalue weighted by molar-refractivity contribution is 0.112. The average Bonchev–Trinajstić information content (AvgIpc) is 2.14. The number of halogens is 2. The van der Waals surface area contributed by atoms with E-state index in [1.165, 1.54) is 12.1 Å². The van der Waals surface area contributed by atoms with E-state index in [-0.39, 0.29) is 12.2 Å². The standard InChI is InChI=1S/C10H8BrFO2/c1-7(11)6-14-10-3-8(5-13)2-9(12)4-10/h2-5H,1,6H2. The minimum Gasteiger partial charge on any atom is -0.488 e. The first kappa shape index (κ1) is 10.9. The second kappa shape index (κ2) is 4.91. The molecule has 0 fully saturated rings. The highest BCUT2D eigenvalue weighted by Gasteiger charge is 2.01. The van der Waals surface area contributed by atoms with Gasteiger partial charge >= 0.3 is 0 Å². The minimum absolute atomic E-state index is 0.238. The normalized spacial score (nSPS) is 9.57. The number of aldehydes is 1. The lowest BCUT2D eigenvalue weighted by Crippen LogP contribution is -1.97. The fraction of sp³-hybridized carbons (Fsp3) is 0.100. The van der Waals surface area contributed by atoms with Crippen LogP contribution in [0.5, 0.6) is 5.75 Å². The molecule has 0 amide bonds. The number of carbonyl (C=O) groups excluding carboxylic acids is 1. The van der Waals surface area contributed by atoms with Crippen LogP contribution >= 0.6 is 15.9 Å². The summed E-state index contributed by atoms with van der Waals surface area (Å²) in [6.45, 7) is 3.80. The second-order valence-corrected chi connectivity index (χ2v) is 3.77.